The second kappa shape index (κ2) is 10.1. The molecule has 7 heteroatoms. The highest BCUT2D eigenvalue weighted by atomic mass is 35.5. The van der Waals surface area contributed by atoms with E-state index in [0.717, 1.165) is 24.3 Å². The van der Waals surface area contributed by atoms with Crippen molar-refractivity contribution in [1.29, 1.82) is 0 Å². The number of hydrogen-bond donors (Lipinski definition) is 0. The molecule has 4 rings (SSSR count). The monoisotopic (exact) mass is 486 g/mol. The standard InChI is InChI=1S/C25H24Cl2N2O2S/c1-3-28(4-2)19-8-5-17(6-9-19)25-29(24(30)16-32-25)20-10-12-21(13-11-20)31-23-14-7-18(26)15-22(23)27/h5-15,25H,3-4,16H2,1-2H3/t25-/m0/s1. The van der Waals surface area contributed by atoms with Gasteiger partial charge in [-0.25, -0.2) is 0 Å². The number of thioether (sulfide) groups is 1. The second-order valence-corrected chi connectivity index (χ2v) is 9.27. The Morgan fingerprint density at radius 3 is 2.31 bits per heavy atom. The fourth-order valence-corrected chi connectivity index (χ4v) is 5.37. The Hall–Kier alpha value is -2.34. The molecule has 166 valence electrons. The lowest BCUT2D eigenvalue weighted by Gasteiger charge is -2.26. The van der Waals surface area contributed by atoms with Crippen LogP contribution in [0.4, 0.5) is 11.4 Å². The maximum absolute atomic E-state index is 12.7. The lowest BCUT2D eigenvalue weighted by molar-refractivity contribution is -0.115. The van der Waals surface area contributed by atoms with E-state index in [1.54, 1.807) is 30.0 Å². The Balaban J connectivity index is 1.53. The zero-order valence-electron chi connectivity index (χ0n) is 17.9. The quantitative estimate of drug-likeness (QED) is 0.347. The van der Waals surface area contributed by atoms with Gasteiger partial charge in [0.1, 0.15) is 16.9 Å². The van der Waals surface area contributed by atoms with Crippen molar-refractivity contribution in [3.63, 3.8) is 0 Å². The van der Waals surface area contributed by atoms with Crippen molar-refractivity contribution in [3.8, 4) is 11.5 Å². The van der Waals surface area contributed by atoms with E-state index in [0.29, 0.717) is 27.3 Å². The summed E-state index contributed by atoms with van der Waals surface area (Å²) in [4.78, 5) is 16.9. The summed E-state index contributed by atoms with van der Waals surface area (Å²) in [6, 6.07) is 21.1. The zero-order chi connectivity index (χ0) is 22.7. The van der Waals surface area contributed by atoms with E-state index in [9.17, 15) is 4.79 Å². The molecule has 0 N–H and O–H groups in total. The third-order valence-corrected chi connectivity index (χ3v) is 7.15. The van der Waals surface area contributed by atoms with Crippen LogP contribution in [-0.2, 0) is 4.79 Å². The number of rotatable bonds is 7. The number of ether oxygens (including phenoxy) is 1. The van der Waals surface area contributed by atoms with Gasteiger partial charge in [-0.15, -0.1) is 11.8 Å². The molecule has 1 aliphatic heterocycles. The van der Waals surface area contributed by atoms with Gasteiger partial charge in [-0.2, -0.15) is 0 Å². The molecule has 1 fully saturated rings. The SMILES string of the molecule is CCN(CC)c1ccc([C@@H]2SCC(=O)N2c2ccc(Oc3ccc(Cl)cc3Cl)cc2)cc1. The number of amides is 1. The van der Waals surface area contributed by atoms with E-state index in [4.69, 9.17) is 27.9 Å². The number of carbonyl (C=O) groups is 1. The molecular formula is C25H24Cl2N2O2S. The number of nitrogens with zero attached hydrogens (tertiary/aromatic N) is 2. The minimum atomic E-state index is -0.0502. The molecule has 4 nitrogen and oxygen atoms in total. The van der Waals surface area contributed by atoms with Crippen LogP contribution in [0.1, 0.15) is 24.8 Å². The summed E-state index contributed by atoms with van der Waals surface area (Å²) < 4.78 is 5.87. The second-order valence-electron chi connectivity index (χ2n) is 7.36. The van der Waals surface area contributed by atoms with Gasteiger partial charge < -0.3 is 9.64 Å². The summed E-state index contributed by atoms with van der Waals surface area (Å²) in [5, 5.41) is 0.950. The molecular weight excluding hydrogens is 463 g/mol. The molecule has 3 aromatic rings. The Kier molecular flexibility index (Phi) is 7.19. The van der Waals surface area contributed by atoms with Gasteiger partial charge in [0.05, 0.1) is 10.8 Å². The maximum Gasteiger partial charge on any atom is 0.238 e. The van der Waals surface area contributed by atoms with Crippen LogP contribution >= 0.6 is 35.0 Å². The highest BCUT2D eigenvalue weighted by Gasteiger charge is 2.34. The highest BCUT2D eigenvalue weighted by Crippen LogP contribution is 2.42. The average molecular weight is 487 g/mol. The van der Waals surface area contributed by atoms with E-state index >= 15 is 0 Å². The summed E-state index contributed by atoms with van der Waals surface area (Å²) in [5.74, 6) is 1.73. The molecule has 0 aromatic heterocycles. The first-order valence-corrected chi connectivity index (χ1v) is 12.3. The van der Waals surface area contributed by atoms with Gasteiger partial charge in [-0.1, -0.05) is 35.3 Å². The van der Waals surface area contributed by atoms with Crippen LogP contribution in [-0.4, -0.2) is 24.7 Å². The van der Waals surface area contributed by atoms with E-state index in [1.807, 2.05) is 29.2 Å². The van der Waals surface area contributed by atoms with Crippen molar-refractivity contribution in [1.82, 2.24) is 0 Å². The average Bonchev–Trinajstić information content (AvgIpc) is 3.19. The fraction of sp³-hybridized carbons (Fsp3) is 0.240. The molecule has 0 unspecified atom stereocenters. The normalized spacial score (nSPS) is 15.8. The first-order chi connectivity index (χ1) is 15.5. The number of halogens is 2. The van der Waals surface area contributed by atoms with Gasteiger partial charge in [0.15, 0.2) is 0 Å². The zero-order valence-corrected chi connectivity index (χ0v) is 20.3. The van der Waals surface area contributed by atoms with Gasteiger partial charge in [-0.05, 0) is 74.0 Å². The molecule has 32 heavy (non-hydrogen) atoms. The van der Waals surface area contributed by atoms with Crippen molar-refractivity contribution in [2.45, 2.75) is 19.2 Å². The van der Waals surface area contributed by atoms with Crippen LogP contribution in [0.15, 0.2) is 66.7 Å². The van der Waals surface area contributed by atoms with E-state index in [-0.39, 0.29) is 11.3 Å². The first kappa shape index (κ1) is 22.8. The third-order valence-electron chi connectivity index (χ3n) is 5.41. The molecule has 1 heterocycles. The summed E-state index contributed by atoms with van der Waals surface area (Å²) in [7, 11) is 0. The Bertz CT molecular complexity index is 1090. The maximum atomic E-state index is 12.7. The van der Waals surface area contributed by atoms with Gasteiger partial charge >= 0.3 is 0 Å². The molecule has 1 saturated heterocycles. The molecule has 0 spiro atoms. The molecule has 0 bridgehead atoms. The Morgan fingerprint density at radius 2 is 1.69 bits per heavy atom. The lowest BCUT2D eigenvalue weighted by atomic mass is 10.1. The molecule has 0 saturated carbocycles. The van der Waals surface area contributed by atoms with E-state index in [2.05, 4.69) is 43.0 Å². The summed E-state index contributed by atoms with van der Waals surface area (Å²) >= 11 is 13.8. The minimum absolute atomic E-state index is 0.0502. The molecule has 3 aromatic carbocycles. The van der Waals surface area contributed by atoms with Crippen LogP contribution in [0, 0.1) is 0 Å². The topological polar surface area (TPSA) is 32.8 Å². The molecule has 1 aliphatic rings. The number of carbonyl (C=O) groups excluding carboxylic acids is 1. The number of hydrogen-bond acceptors (Lipinski definition) is 4. The van der Waals surface area contributed by atoms with Crippen molar-refractivity contribution >= 4 is 52.2 Å². The van der Waals surface area contributed by atoms with Gasteiger partial charge in [0.25, 0.3) is 0 Å². The third kappa shape index (κ3) is 4.85. The van der Waals surface area contributed by atoms with Gasteiger partial charge in [0.2, 0.25) is 5.91 Å². The van der Waals surface area contributed by atoms with Crippen LogP contribution in [0.25, 0.3) is 0 Å². The van der Waals surface area contributed by atoms with Crippen molar-refractivity contribution in [3.05, 3.63) is 82.3 Å². The molecule has 0 radical (unpaired) electrons. The number of benzene rings is 3. The Labute approximate surface area is 203 Å². The molecule has 1 amide bonds. The minimum Gasteiger partial charge on any atom is -0.456 e. The fourth-order valence-electron chi connectivity index (χ4n) is 3.75. The van der Waals surface area contributed by atoms with E-state index in [1.165, 1.54) is 5.69 Å². The van der Waals surface area contributed by atoms with Gasteiger partial charge in [-0.3, -0.25) is 9.69 Å². The van der Waals surface area contributed by atoms with Crippen LogP contribution in [0.5, 0.6) is 11.5 Å². The van der Waals surface area contributed by atoms with Crippen LogP contribution < -0.4 is 14.5 Å². The Morgan fingerprint density at radius 1 is 1.00 bits per heavy atom. The largest absolute Gasteiger partial charge is 0.456 e. The molecule has 1 atom stereocenters. The summed E-state index contributed by atoms with van der Waals surface area (Å²) in [6.45, 7) is 6.24. The van der Waals surface area contributed by atoms with Crippen molar-refractivity contribution in [2.24, 2.45) is 0 Å². The van der Waals surface area contributed by atoms with Crippen LogP contribution in [0.3, 0.4) is 0 Å². The molecule has 0 aliphatic carbocycles. The van der Waals surface area contributed by atoms with Crippen molar-refractivity contribution < 1.29 is 9.53 Å². The lowest BCUT2D eigenvalue weighted by Crippen LogP contribution is -2.27. The predicted octanol–water partition coefficient (Wildman–Crippen LogP) is 7.41. The summed E-state index contributed by atoms with van der Waals surface area (Å²) in [6.07, 6.45) is 0. The number of anilines is 2. The first-order valence-electron chi connectivity index (χ1n) is 10.5. The predicted molar refractivity (Wildman–Crippen MR) is 136 cm³/mol. The van der Waals surface area contributed by atoms with Gasteiger partial charge in [0, 0.05) is 29.5 Å². The van der Waals surface area contributed by atoms with E-state index < -0.39 is 0 Å². The van der Waals surface area contributed by atoms with Crippen LogP contribution in [0.2, 0.25) is 10.0 Å². The summed E-state index contributed by atoms with van der Waals surface area (Å²) in [5.41, 5.74) is 3.15. The highest BCUT2D eigenvalue weighted by molar-refractivity contribution is 8.00. The smallest absolute Gasteiger partial charge is 0.238 e. The van der Waals surface area contributed by atoms with Crippen molar-refractivity contribution in [2.75, 3.05) is 28.6 Å².